The fraction of sp³-hybridized carbons (Fsp3) is 0.261. The summed E-state index contributed by atoms with van der Waals surface area (Å²) in [4.78, 5) is 40.9. The lowest BCUT2D eigenvalue weighted by molar-refractivity contribution is -0.127. The van der Waals surface area contributed by atoms with E-state index in [1.807, 2.05) is 24.3 Å². The number of imide groups is 1. The second-order valence-corrected chi connectivity index (χ2v) is 8.32. The predicted molar refractivity (Wildman–Crippen MR) is 122 cm³/mol. The molecule has 0 atom stereocenters. The van der Waals surface area contributed by atoms with Crippen LogP contribution < -0.4 is 15.0 Å². The maximum Gasteiger partial charge on any atom is 0.294 e. The number of nitrogens with zero attached hydrogens (tertiary/aromatic N) is 2. The summed E-state index contributed by atoms with van der Waals surface area (Å²) in [6, 6.07) is 14.8. The molecule has 0 unspecified atom stereocenters. The summed E-state index contributed by atoms with van der Waals surface area (Å²) in [6.07, 6.45) is 4.11. The van der Waals surface area contributed by atoms with E-state index in [1.165, 1.54) is 12.8 Å². The van der Waals surface area contributed by atoms with Crippen LogP contribution >= 0.6 is 11.8 Å². The number of hydrogen-bond acceptors (Lipinski definition) is 6. The highest BCUT2D eigenvalue weighted by atomic mass is 32.2. The summed E-state index contributed by atoms with van der Waals surface area (Å²) in [6.45, 7) is 1.80. The summed E-state index contributed by atoms with van der Waals surface area (Å²) in [5.74, 6) is -0.227. The quantitative estimate of drug-likeness (QED) is 0.689. The number of carbonyl (C=O) groups excluding carboxylic acids is 3. The highest BCUT2D eigenvalue weighted by Crippen LogP contribution is 2.32. The first-order valence-electron chi connectivity index (χ1n) is 10.1. The van der Waals surface area contributed by atoms with Gasteiger partial charge in [0.2, 0.25) is 5.91 Å². The molecule has 0 bridgehead atoms. The van der Waals surface area contributed by atoms with Crippen LogP contribution in [0.25, 0.3) is 6.08 Å². The molecule has 2 heterocycles. The third-order valence-electron chi connectivity index (χ3n) is 5.21. The van der Waals surface area contributed by atoms with E-state index in [0.29, 0.717) is 16.3 Å². The highest BCUT2D eigenvalue weighted by molar-refractivity contribution is 8.18. The van der Waals surface area contributed by atoms with Gasteiger partial charge in [0.1, 0.15) is 12.3 Å². The Balaban J connectivity index is 1.38. The molecule has 8 heteroatoms. The Kier molecular flexibility index (Phi) is 6.27. The first kappa shape index (κ1) is 21.0. The molecule has 4 rings (SSSR count). The molecule has 2 fully saturated rings. The van der Waals surface area contributed by atoms with Crippen LogP contribution in [0.2, 0.25) is 0 Å². The number of rotatable bonds is 6. The van der Waals surface area contributed by atoms with Crippen molar-refractivity contribution >= 4 is 46.3 Å². The minimum atomic E-state index is -0.455. The average molecular weight is 438 g/mol. The SMILES string of the molecule is COc1ccc(NC(=O)CN2C(=O)S/C(=C\c3ccc(N4CCCC4)cc3)C2=O)cc1. The van der Waals surface area contributed by atoms with Crippen molar-refractivity contribution in [3.63, 3.8) is 0 Å². The molecule has 2 aliphatic heterocycles. The lowest BCUT2D eigenvalue weighted by Gasteiger charge is -2.17. The van der Waals surface area contributed by atoms with Crippen LogP contribution in [0.1, 0.15) is 18.4 Å². The van der Waals surface area contributed by atoms with Crippen LogP contribution in [0.4, 0.5) is 16.2 Å². The normalized spacial score (nSPS) is 17.5. The number of hydrogen-bond donors (Lipinski definition) is 1. The molecule has 3 amide bonds. The van der Waals surface area contributed by atoms with Gasteiger partial charge in [-0.05, 0) is 72.6 Å². The van der Waals surface area contributed by atoms with Gasteiger partial charge >= 0.3 is 0 Å². The summed E-state index contributed by atoms with van der Waals surface area (Å²) < 4.78 is 5.08. The van der Waals surface area contributed by atoms with Crippen molar-refractivity contribution in [1.29, 1.82) is 0 Å². The predicted octanol–water partition coefficient (Wildman–Crippen LogP) is 3.97. The smallest absolute Gasteiger partial charge is 0.294 e. The minimum absolute atomic E-state index is 0.316. The third kappa shape index (κ3) is 4.91. The zero-order chi connectivity index (χ0) is 21.8. The van der Waals surface area contributed by atoms with Gasteiger partial charge in [-0.3, -0.25) is 19.3 Å². The molecule has 7 nitrogen and oxygen atoms in total. The fourth-order valence-corrected chi connectivity index (χ4v) is 4.40. The van der Waals surface area contributed by atoms with Crippen LogP contribution in [0, 0.1) is 0 Å². The maximum atomic E-state index is 12.7. The molecule has 2 saturated heterocycles. The maximum absolute atomic E-state index is 12.7. The summed E-state index contributed by atoms with van der Waals surface area (Å²) in [5, 5.41) is 2.24. The Morgan fingerprint density at radius 2 is 1.74 bits per heavy atom. The van der Waals surface area contributed by atoms with Crippen molar-refractivity contribution in [1.82, 2.24) is 4.90 Å². The zero-order valence-electron chi connectivity index (χ0n) is 17.2. The van der Waals surface area contributed by atoms with E-state index >= 15 is 0 Å². The number of carbonyl (C=O) groups is 3. The fourth-order valence-electron chi connectivity index (χ4n) is 3.56. The summed E-state index contributed by atoms with van der Waals surface area (Å²) in [5.41, 5.74) is 2.57. The lowest BCUT2D eigenvalue weighted by atomic mass is 10.2. The monoisotopic (exact) mass is 437 g/mol. The molecular weight excluding hydrogens is 414 g/mol. The zero-order valence-corrected chi connectivity index (χ0v) is 18.0. The topological polar surface area (TPSA) is 79.0 Å². The van der Waals surface area contributed by atoms with Crippen molar-refractivity contribution in [2.45, 2.75) is 12.8 Å². The van der Waals surface area contributed by atoms with Gasteiger partial charge < -0.3 is 15.0 Å². The molecule has 2 aromatic rings. The van der Waals surface area contributed by atoms with E-state index < -0.39 is 17.1 Å². The molecule has 0 saturated carbocycles. The van der Waals surface area contributed by atoms with E-state index in [0.717, 1.165) is 41.0 Å². The van der Waals surface area contributed by atoms with E-state index in [9.17, 15) is 14.4 Å². The largest absolute Gasteiger partial charge is 0.497 e. The second-order valence-electron chi connectivity index (χ2n) is 7.33. The van der Waals surface area contributed by atoms with Crippen LogP contribution in [0.5, 0.6) is 5.75 Å². The average Bonchev–Trinajstić information content (AvgIpc) is 3.40. The van der Waals surface area contributed by atoms with Crippen LogP contribution in [0.15, 0.2) is 53.4 Å². The van der Waals surface area contributed by atoms with Gasteiger partial charge in [0.05, 0.1) is 12.0 Å². The van der Waals surface area contributed by atoms with Crippen molar-refractivity contribution in [3.05, 3.63) is 59.0 Å². The van der Waals surface area contributed by atoms with Crippen LogP contribution in [-0.2, 0) is 9.59 Å². The molecule has 0 spiro atoms. The Morgan fingerprint density at radius 1 is 1.06 bits per heavy atom. The lowest BCUT2D eigenvalue weighted by Crippen LogP contribution is -2.36. The van der Waals surface area contributed by atoms with Crippen molar-refractivity contribution in [2.24, 2.45) is 0 Å². The highest BCUT2D eigenvalue weighted by Gasteiger charge is 2.36. The number of benzene rings is 2. The number of methoxy groups -OCH3 is 1. The Morgan fingerprint density at radius 3 is 2.39 bits per heavy atom. The van der Waals surface area contributed by atoms with Crippen molar-refractivity contribution in [3.8, 4) is 5.75 Å². The minimum Gasteiger partial charge on any atom is -0.497 e. The van der Waals surface area contributed by atoms with Gasteiger partial charge in [0.25, 0.3) is 11.1 Å². The van der Waals surface area contributed by atoms with Gasteiger partial charge in [0, 0.05) is 24.5 Å². The van der Waals surface area contributed by atoms with Crippen molar-refractivity contribution in [2.75, 3.05) is 37.0 Å². The molecule has 2 aromatic carbocycles. The van der Waals surface area contributed by atoms with Crippen molar-refractivity contribution < 1.29 is 19.1 Å². The molecule has 0 aliphatic carbocycles. The first-order valence-corrected chi connectivity index (χ1v) is 10.9. The Bertz CT molecular complexity index is 1010. The third-order valence-corrected chi connectivity index (χ3v) is 6.12. The van der Waals surface area contributed by atoms with Crippen LogP contribution in [0.3, 0.4) is 0 Å². The van der Waals surface area contributed by atoms with E-state index in [-0.39, 0.29) is 6.54 Å². The molecule has 1 N–H and O–H groups in total. The summed E-state index contributed by atoms with van der Waals surface area (Å²) >= 11 is 0.851. The van der Waals surface area contributed by atoms with E-state index in [2.05, 4.69) is 10.2 Å². The standard InChI is InChI=1S/C23H23N3O4S/c1-30-19-10-6-17(7-11-19)24-21(27)15-26-22(28)20(31-23(26)29)14-16-4-8-18(9-5-16)25-12-2-3-13-25/h4-11,14H,2-3,12-13,15H2,1H3,(H,24,27)/b20-14-. The number of anilines is 2. The number of thioether (sulfide) groups is 1. The van der Waals surface area contributed by atoms with Crippen LogP contribution in [-0.4, -0.2) is 48.7 Å². The molecule has 2 aliphatic rings. The second kappa shape index (κ2) is 9.26. The van der Waals surface area contributed by atoms with E-state index in [1.54, 1.807) is 37.5 Å². The Labute approximate surface area is 185 Å². The number of nitrogens with one attached hydrogen (secondary N) is 1. The van der Waals surface area contributed by atoms with Gasteiger partial charge in [-0.2, -0.15) is 0 Å². The van der Waals surface area contributed by atoms with Gasteiger partial charge in [-0.15, -0.1) is 0 Å². The van der Waals surface area contributed by atoms with Gasteiger partial charge in [0.15, 0.2) is 0 Å². The molecule has 160 valence electrons. The number of amides is 3. The first-order chi connectivity index (χ1) is 15.0. The molecular formula is C23H23N3O4S. The Hall–Kier alpha value is -3.26. The number of ether oxygens (including phenoxy) is 1. The molecule has 31 heavy (non-hydrogen) atoms. The molecule has 0 aromatic heterocycles. The van der Waals surface area contributed by atoms with E-state index in [4.69, 9.17) is 4.74 Å². The molecule has 0 radical (unpaired) electrons. The summed E-state index contributed by atoms with van der Waals surface area (Å²) in [7, 11) is 1.56. The van der Waals surface area contributed by atoms with Gasteiger partial charge in [-0.1, -0.05) is 12.1 Å². The van der Waals surface area contributed by atoms with Gasteiger partial charge in [-0.25, -0.2) is 0 Å².